The van der Waals surface area contributed by atoms with Crippen LogP contribution in [-0.2, 0) is 24.1 Å². The molecule has 0 saturated heterocycles. The van der Waals surface area contributed by atoms with Crippen molar-refractivity contribution in [2.24, 2.45) is 0 Å². The smallest absolute Gasteiger partial charge is 0.0671 e. The fraction of sp³-hybridized carbons (Fsp3) is 0.800. The summed E-state index contributed by atoms with van der Waals surface area (Å²) in [6, 6.07) is 0. The van der Waals surface area contributed by atoms with E-state index < -0.39 is 0 Å². The van der Waals surface area contributed by atoms with Gasteiger partial charge in [0.05, 0.1) is 11.1 Å². The minimum atomic E-state index is 0.0950. The number of hydrogen-bond donors (Lipinski definition) is 0. The lowest BCUT2D eigenvalue weighted by Crippen LogP contribution is -2.07. The second-order valence-electron chi connectivity index (χ2n) is 4.81. The maximum Gasteiger partial charge on any atom is 0.0671 e. The third-order valence-electron chi connectivity index (χ3n) is 3.48. The molecule has 1 heterocycles. The highest BCUT2D eigenvalue weighted by Gasteiger charge is 2.20. The van der Waals surface area contributed by atoms with Crippen LogP contribution in [0.5, 0.6) is 0 Å². The Kier molecular flexibility index (Phi) is 7.47. The number of hydrogen-bond acceptors (Lipinski definition) is 2. The first kappa shape index (κ1) is 16.5. The number of unbranched alkanes of at least 4 members (excludes halogenated alkanes) is 1. The molecule has 0 aliphatic rings. The molecule has 1 atom stereocenters. The molecular weight excluding hydrogens is 260 g/mol. The summed E-state index contributed by atoms with van der Waals surface area (Å²) in [5.41, 5.74) is 3.77. The number of aromatic nitrogens is 2. The molecule has 3 nitrogen and oxygen atoms in total. The summed E-state index contributed by atoms with van der Waals surface area (Å²) < 4.78 is 7.25. The third kappa shape index (κ3) is 4.22. The van der Waals surface area contributed by atoms with Crippen LogP contribution in [-0.4, -0.2) is 23.5 Å². The van der Waals surface area contributed by atoms with Gasteiger partial charge < -0.3 is 4.74 Å². The van der Waals surface area contributed by atoms with E-state index in [1.807, 2.05) is 0 Å². The first-order chi connectivity index (χ1) is 9.19. The normalized spacial score (nSPS) is 12.9. The SMILES string of the molecule is CCc1nn(CCCCOC)c(CC)c1C(Cl)CC. The Hall–Kier alpha value is -0.540. The summed E-state index contributed by atoms with van der Waals surface area (Å²) in [6.07, 6.45) is 5.09. The molecule has 0 amide bonds. The second kappa shape index (κ2) is 8.60. The molecule has 0 aromatic carbocycles. The van der Waals surface area contributed by atoms with Gasteiger partial charge in [0, 0.05) is 31.5 Å². The zero-order valence-electron chi connectivity index (χ0n) is 12.7. The number of halogens is 1. The van der Waals surface area contributed by atoms with Gasteiger partial charge in [0.15, 0.2) is 0 Å². The lowest BCUT2D eigenvalue weighted by Gasteiger charge is -2.11. The first-order valence-electron chi connectivity index (χ1n) is 7.40. The molecule has 4 heteroatoms. The molecule has 110 valence electrons. The molecule has 1 aromatic heterocycles. The van der Waals surface area contributed by atoms with E-state index in [1.54, 1.807) is 7.11 Å². The zero-order chi connectivity index (χ0) is 14.3. The van der Waals surface area contributed by atoms with Crippen molar-refractivity contribution in [3.8, 4) is 0 Å². The Morgan fingerprint density at radius 1 is 1.21 bits per heavy atom. The van der Waals surface area contributed by atoms with Crippen molar-refractivity contribution in [3.63, 3.8) is 0 Å². The van der Waals surface area contributed by atoms with Gasteiger partial charge in [0.25, 0.3) is 0 Å². The van der Waals surface area contributed by atoms with E-state index in [1.165, 1.54) is 17.0 Å². The van der Waals surface area contributed by atoms with Crippen LogP contribution in [0.1, 0.15) is 62.4 Å². The Labute approximate surface area is 122 Å². The summed E-state index contributed by atoms with van der Waals surface area (Å²) in [4.78, 5) is 0. The zero-order valence-corrected chi connectivity index (χ0v) is 13.5. The van der Waals surface area contributed by atoms with Crippen LogP contribution in [0.15, 0.2) is 0 Å². The lowest BCUT2D eigenvalue weighted by atomic mass is 10.0. The van der Waals surface area contributed by atoms with Crippen LogP contribution in [0.3, 0.4) is 0 Å². The van der Waals surface area contributed by atoms with Crippen molar-refractivity contribution < 1.29 is 4.74 Å². The van der Waals surface area contributed by atoms with Crippen LogP contribution in [0.4, 0.5) is 0 Å². The maximum absolute atomic E-state index is 6.48. The Morgan fingerprint density at radius 3 is 2.47 bits per heavy atom. The number of methoxy groups -OCH3 is 1. The van der Waals surface area contributed by atoms with Crippen LogP contribution in [0.25, 0.3) is 0 Å². The molecular formula is C15H27ClN2O. The minimum Gasteiger partial charge on any atom is -0.385 e. The monoisotopic (exact) mass is 286 g/mol. The largest absolute Gasteiger partial charge is 0.385 e. The quantitative estimate of drug-likeness (QED) is 0.504. The van der Waals surface area contributed by atoms with Crippen LogP contribution < -0.4 is 0 Å². The van der Waals surface area contributed by atoms with Gasteiger partial charge in [-0.1, -0.05) is 20.8 Å². The highest BCUT2D eigenvalue weighted by Crippen LogP contribution is 2.31. The van der Waals surface area contributed by atoms with Gasteiger partial charge in [-0.25, -0.2) is 0 Å². The van der Waals surface area contributed by atoms with Gasteiger partial charge in [-0.05, 0) is 32.1 Å². The summed E-state index contributed by atoms with van der Waals surface area (Å²) in [5, 5.41) is 4.85. The predicted molar refractivity (Wildman–Crippen MR) is 81.0 cm³/mol. The molecule has 0 radical (unpaired) electrons. The Morgan fingerprint density at radius 2 is 1.95 bits per heavy atom. The molecule has 1 aromatic rings. The van der Waals surface area contributed by atoms with Crippen LogP contribution in [0.2, 0.25) is 0 Å². The standard InChI is InChI=1S/C15H27ClN2O/c1-5-12(16)15-13(6-2)17-18(14(15)7-3)10-8-9-11-19-4/h12H,5-11H2,1-4H3. The number of nitrogens with zero attached hydrogens (tertiary/aromatic N) is 2. The van der Waals surface area contributed by atoms with E-state index >= 15 is 0 Å². The van der Waals surface area contributed by atoms with Gasteiger partial charge in [-0.2, -0.15) is 5.10 Å². The molecule has 19 heavy (non-hydrogen) atoms. The first-order valence-corrected chi connectivity index (χ1v) is 7.84. The van der Waals surface area contributed by atoms with Crippen LogP contribution in [0, 0.1) is 0 Å². The van der Waals surface area contributed by atoms with Crippen molar-refractivity contribution in [2.75, 3.05) is 13.7 Å². The molecule has 0 fully saturated rings. The predicted octanol–water partition coefficient (Wildman–Crippen LogP) is 4.12. The van der Waals surface area contributed by atoms with Crippen molar-refractivity contribution in [2.45, 2.75) is 64.8 Å². The molecule has 0 spiro atoms. The summed E-state index contributed by atoms with van der Waals surface area (Å²) >= 11 is 6.48. The highest BCUT2D eigenvalue weighted by molar-refractivity contribution is 6.20. The molecule has 0 bridgehead atoms. The van der Waals surface area contributed by atoms with E-state index in [9.17, 15) is 0 Å². The van der Waals surface area contributed by atoms with E-state index in [4.69, 9.17) is 21.4 Å². The second-order valence-corrected chi connectivity index (χ2v) is 5.34. The Bertz CT molecular complexity index is 376. The average molecular weight is 287 g/mol. The highest BCUT2D eigenvalue weighted by atomic mass is 35.5. The van der Waals surface area contributed by atoms with Crippen molar-refractivity contribution in [3.05, 3.63) is 17.0 Å². The molecule has 1 rings (SSSR count). The van der Waals surface area contributed by atoms with E-state index in [0.29, 0.717) is 0 Å². The molecule has 0 N–H and O–H groups in total. The lowest BCUT2D eigenvalue weighted by molar-refractivity contribution is 0.191. The average Bonchev–Trinajstić information content (AvgIpc) is 2.80. The van der Waals surface area contributed by atoms with Gasteiger partial charge in [-0.3, -0.25) is 4.68 Å². The number of aryl methyl sites for hydroxylation is 2. The fourth-order valence-corrected chi connectivity index (χ4v) is 2.71. The van der Waals surface area contributed by atoms with Crippen LogP contribution >= 0.6 is 11.6 Å². The van der Waals surface area contributed by atoms with E-state index in [0.717, 1.165) is 45.3 Å². The fourth-order valence-electron chi connectivity index (χ4n) is 2.46. The molecule has 0 saturated carbocycles. The maximum atomic E-state index is 6.48. The summed E-state index contributed by atoms with van der Waals surface area (Å²) in [7, 11) is 1.75. The van der Waals surface area contributed by atoms with Crippen molar-refractivity contribution >= 4 is 11.6 Å². The van der Waals surface area contributed by atoms with E-state index in [-0.39, 0.29) is 5.38 Å². The van der Waals surface area contributed by atoms with Gasteiger partial charge >= 0.3 is 0 Å². The van der Waals surface area contributed by atoms with E-state index in [2.05, 4.69) is 25.5 Å². The van der Waals surface area contributed by atoms with Crippen molar-refractivity contribution in [1.82, 2.24) is 9.78 Å². The van der Waals surface area contributed by atoms with Gasteiger partial charge in [0.1, 0.15) is 0 Å². The summed E-state index contributed by atoms with van der Waals surface area (Å²) in [6.45, 7) is 8.26. The van der Waals surface area contributed by atoms with Crippen molar-refractivity contribution in [1.29, 1.82) is 0 Å². The van der Waals surface area contributed by atoms with Gasteiger partial charge in [0.2, 0.25) is 0 Å². The summed E-state index contributed by atoms with van der Waals surface area (Å²) in [5.74, 6) is 0. The van der Waals surface area contributed by atoms with Gasteiger partial charge in [-0.15, -0.1) is 11.6 Å². The Balaban J connectivity index is 2.88. The number of rotatable bonds is 9. The molecule has 0 aliphatic carbocycles. The third-order valence-corrected chi connectivity index (χ3v) is 4.01. The molecule has 1 unspecified atom stereocenters. The topological polar surface area (TPSA) is 27.1 Å². The molecule has 0 aliphatic heterocycles. The minimum absolute atomic E-state index is 0.0950. The number of alkyl halides is 1. The number of ether oxygens (including phenoxy) is 1.